The Bertz CT molecular complexity index is 493. The molecule has 3 rings (SSSR count). The molecule has 1 aromatic carbocycles. The number of nitrogens with zero attached hydrogens (tertiary/aromatic N) is 1. The smallest absolute Gasteiger partial charge is 0.156 e. The number of anilines is 1. The van der Waals surface area contributed by atoms with Crippen LogP contribution in [0.25, 0.3) is 0 Å². The fourth-order valence-electron chi connectivity index (χ4n) is 2.85. The normalized spacial score (nSPS) is 23.1. The summed E-state index contributed by atoms with van der Waals surface area (Å²) in [4.78, 5) is 2.59. The van der Waals surface area contributed by atoms with Gasteiger partial charge in [0.05, 0.1) is 16.8 Å². The van der Waals surface area contributed by atoms with Gasteiger partial charge in [-0.2, -0.15) is 0 Å². The van der Waals surface area contributed by atoms with Gasteiger partial charge in [-0.1, -0.05) is 11.6 Å². The first-order chi connectivity index (χ1) is 9.67. The molecule has 1 saturated heterocycles. The van der Waals surface area contributed by atoms with Gasteiger partial charge in [-0.15, -0.1) is 0 Å². The molecule has 0 bridgehead atoms. The Labute approximate surface area is 133 Å². The van der Waals surface area contributed by atoms with Crippen LogP contribution in [0.5, 0.6) is 5.75 Å². The topological polar surface area (TPSA) is 24.5 Å². The van der Waals surface area contributed by atoms with Crippen LogP contribution >= 0.6 is 27.5 Å². The van der Waals surface area contributed by atoms with Crippen LogP contribution in [0.4, 0.5) is 5.69 Å². The second kappa shape index (κ2) is 6.12. The minimum atomic E-state index is 0.486. The number of halogens is 2. The summed E-state index contributed by atoms with van der Waals surface area (Å²) < 4.78 is 6.65. The molecular weight excluding hydrogens is 340 g/mol. The molecule has 1 aliphatic carbocycles. The van der Waals surface area contributed by atoms with E-state index in [9.17, 15) is 0 Å². The molecule has 5 heteroatoms. The quantitative estimate of drug-likeness (QED) is 0.854. The van der Waals surface area contributed by atoms with Crippen molar-refractivity contribution in [3.05, 3.63) is 21.6 Å². The number of ether oxygens (including phenoxy) is 1. The van der Waals surface area contributed by atoms with Crippen molar-refractivity contribution in [2.45, 2.75) is 38.3 Å². The molecule has 2 aliphatic rings. The predicted octanol–water partition coefficient (Wildman–Crippen LogP) is 4.15. The molecule has 1 N–H and O–H groups in total. The minimum Gasteiger partial charge on any atom is -0.491 e. The van der Waals surface area contributed by atoms with Crippen LogP contribution in [0, 0.1) is 0 Å². The summed E-state index contributed by atoms with van der Waals surface area (Å²) in [6.07, 6.45) is 3.94. The van der Waals surface area contributed by atoms with Crippen LogP contribution in [-0.4, -0.2) is 36.7 Å². The maximum Gasteiger partial charge on any atom is 0.156 e. The highest BCUT2D eigenvalue weighted by atomic mass is 79.9. The number of rotatable bonds is 5. The Hall–Kier alpha value is -0.450. The average Bonchev–Trinajstić information content (AvgIpc) is 3.15. The van der Waals surface area contributed by atoms with E-state index in [1.54, 1.807) is 0 Å². The van der Waals surface area contributed by atoms with Crippen LogP contribution in [0.3, 0.4) is 0 Å². The van der Waals surface area contributed by atoms with E-state index in [1.807, 2.05) is 19.1 Å². The van der Waals surface area contributed by atoms with Gasteiger partial charge in [0.1, 0.15) is 0 Å². The van der Waals surface area contributed by atoms with E-state index in [4.69, 9.17) is 16.3 Å². The van der Waals surface area contributed by atoms with Crippen LogP contribution in [-0.2, 0) is 0 Å². The molecule has 20 heavy (non-hydrogen) atoms. The number of likely N-dealkylation sites (tertiary alicyclic amines) is 1. The maximum atomic E-state index is 6.16. The monoisotopic (exact) mass is 358 g/mol. The second-order valence-electron chi connectivity index (χ2n) is 5.55. The Morgan fingerprint density at radius 1 is 1.40 bits per heavy atom. The molecule has 3 nitrogen and oxygen atoms in total. The lowest BCUT2D eigenvalue weighted by atomic mass is 10.2. The largest absolute Gasteiger partial charge is 0.491 e. The molecule has 0 aromatic heterocycles. The molecule has 1 heterocycles. The number of nitrogens with one attached hydrogen (secondary N) is 1. The van der Waals surface area contributed by atoms with E-state index in [0.717, 1.165) is 33.5 Å². The lowest BCUT2D eigenvalue weighted by Crippen LogP contribution is -2.27. The summed E-state index contributed by atoms with van der Waals surface area (Å²) in [5, 5.41) is 4.33. The van der Waals surface area contributed by atoms with Crippen molar-refractivity contribution in [2.24, 2.45) is 0 Å². The lowest BCUT2D eigenvalue weighted by Gasteiger charge is -2.20. The highest BCUT2D eigenvalue weighted by Crippen LogP contribution is 2.38. The number of benzene rings is 1. The average molecular weight is 360 g/mol. The first-order valence-corrected chi connectivity index (χ1v) is 8.47. The van der Waals surface area contributed by atoms with Crippen molar-refractivity contribution in [2.75, 3.05) is 25.0 Å². The standard InChI is InChI=1S/C15H20BrClN2O/c1-2-20-15-13(16)7-10(17)8-14(15)18-11-5-6-19(9-11)12-3-4-12/h7-8,11-12,18H,2-6,9H2,1H3. The second-order valence-corrected chi connectivity index (χ2v) is 6.84. The Kier molecular flexibility index (Phi) is 4.43. The summed E-state index contributed by atoms with van der Waals surface area (Å²) in [6, 6.07) is 5.17. The van der Waals surface area contributed by atoms with E-state index in [1.165, 1.54) is 25.8 Å². The predicted molar refractivity (Wildman–Crippen MR) is 86.9 cm³/mol. The van der Waals surface area contributed by atoms with Gasteiger partial charge in [-0.3, -0.25) is 4.90 Å². The first kappa shape index (κ1) is 14.5. The number of hydrogen-bond donors (Lipinski definition) is 1. The van der Waals surface area contributed by atoms with Crippen molar-refractivity contribution in [1.29, 1.82) is 0 Å². The highest BCUT2D eigenvalue weighted by Gasteiger charge is 2.34. The Morgan fingerprint density at radius 3 is 2.90 bits per heavy atom. The molecule has 2 fully saturated rings. The van der Waals surface area contributed by atoms with E-state index < -0.39 is 0 Å². The zero-order valence-corrected chi connectivity index (χ0v) is 14.0. The van der Waals surface area contributed by atoms with Crippen molar-refractivity contribution in [3.8, 4) is 5.75 Å². The van der Waals surface area contributed by atoms with E-state index >= 15 is 0 Å². The fourth-order valence-corrected chi connectivity index (χ4v) is 3.78. The van der Waals surface area contributed by atoms with E-state index in [2.05, 4.69) is 26.1 Å². The fraction of sp³-hybridized carbons (Fsp3) is 0.600. The van der Waals surface area contributed by atoms with Crippen molar-refractivity contribution < 1.29 is 4.74 Å². The highest BCUT2D eigenvalue weighted by molar-refractivity contribution is 9.10. The van der Waals surface area contributed by atoms with Gasteiger partial charge in [0.25, 0.3) is 0 Å². The molecule has 1 saturated carbocycles. The van der Waals surface area contributed by atoms with Gasteiger partial charge in [-0.05, 0) is 54.2 Å². The summed E-state index contributed by atoms with van der Waals surface area (Å²) in [6.45, 7) is 4.97. The third kappa shape index (κ3) is 3.23. The SMILES string of the molecule is CCOc1c(Br)cc(Cl)cc1NC1CCN(C2CC2)C1. The van der Waals surface area contributed by atoms with Gasteiger partial charge >= 0.3 is 0 Å². The summed E-state index contributed by atoms with van der Waals surface area (Å²) >= 11 is 9.69. The molecule has 1 atom stereocenters. The van der Waals surface area contributed by atoms with Gasteiger partial charge in [0, 0.05) is 30.2 Å². The maximum absolute atomic E-state index is 6.16. The molecule has 0 radical (unpaired) electrons. The molecule has 0 spiro atoms. The molecular formula is C15H20BrClN2O. The van der Waals surface area contributed by atoms with Crippen LogP contribution in [0.1, 0.15) is 26.2 Å². The van der Waals surface area contributed by atoms with Crippen LogP contribution < -0.4 is 10.1 Å². The Morgan fingerprint density at radius 2 is 2.20 bits per heavy atom. The van der Waals surface area contributed by atoms with Crippen LogP contribution in [0.15, 0.2) is 16.6 Å². The summed E-state index contributed by atoms with van der Waals surface area (Å²) in [5.74, 6) is 0.863. The van der Waals surface area contributed by atoms with Gasteiger partial charge in [-0.25, -0.2) is 0 Å². The molecule has 1 aliphatic heterocycles. The zero-order chi connectivity index (χ0) is 14.1. The molecule has 1 aromatic rings. The van der Waals surface area contributed by atoms with Gasteiger partial charge in [0.2, 0.25) is 0 Å². The van der Waals surface area contributed by atoms with Crippen molar-refractivity contribution in [3.63, 3.8) is 0 Å². The van der Waals surface area contributed by atoms with E-state index in [-0.39, 0.29) is 0 Å². The van der Waals surface area contributed by atoms with Crippen LogP contribution in [0.2, 0.25) is 5.02 Å². The zero-order valence-electron chi connectivity index (χ0n) is 11.7. The molecule has 110 valence electrons. The summed E-state index contributed by atoms with van der Waals surface area (Å²) in [7, 11) is 0. The summed E-state index contributed by atoms with van der Waals surface area (Å²) in [5.41, 5.74) is 0.994. The van der Waals surface area contributed by atoms with Gasteiger partial charge < -0.3 is 10.1 Å². The Balaban J connectivity index is 1.72. The third-order valence-electron chi connectivity index (χ3n) is 3.94. The van der Waals surface area contributed by atoms with Crippen molar-refractivity contribution in [1.82, 2.24) is 4.90 Å². The number of hydrogen-bond acceptors (Lipinski definition) is 3. The minimum absolute atomic E-state index is 0.486. The first-order valence-electron chi connectivity index (χ1n) is 7.29. The van der Waals surface area contributed by atoms with Gasteiger partial charge in [0.15, 0.2) is 5.75 Å². The lowest BCUT2D eigenvalue weighted by molar-refractivity contribution is 0.325. The molecule has 0 amide bonds. The molecule has 1 unspecified atom stereocenters. The third-order valence-corrected chi connectivity index (χ3v) is 4.75. The van der Waals surface area contributed by atoms with E-state index in [0.29, 0.717) is 12.6 Å². The van der Waals surface area contributed by atoms with Crippen molar-refractivity contribution >= 4 is 33.2 Å².